The molecule has 2 heterocycles. The van der Waals surface area contributed by atoms with E-state index in [1.54, 1.807) is 35.9 Å². The smallest absolute Gasteiger partial charge is 0.319 e. The van der Waals surface area contributed by atoms with Crippen molar-refractivity contribution in [1.29, 1.82) is 0 Å². The van der Waals surface area contributed by atoms with Gasteiger partial charge in [0.05, 0.1) is 29.3 Å². The fraction of sp³-hybridized carbons (Fsp3) is 0.353. The van der Waals surface area contributed by atoms with Gasteiger partial charge in [0.15, 0.2) is 5.16 Å². The van der Waals surface area contributed by atoms with E-state index in [9.17, 15) is 13.6 Å². The largest absolute Gasteiger partial charge is 0.383 e. The molecule has 138 valence electrons. The monoisotopic (exact) mass is 380 g/mol. The number of rotatable bonds is 7. The van der Waals surface area contributed by atoms with E-state index in [4.69, 9.17) is 4.74 Å². The summed E-state index contributed by atoms with van der Waals surface area (Å²) in [7, 11) is 1.56. The molecule has 1 aromatic carbocycles. The number of thioether (sulfide) groups is 1. The molecule has 0 saturated carbocycles. The van der Waals surface area contributed by atoms with Crippen molar-refractivity contribution in [3.63, 3.8) is 0 Å². The second kappa shape index (κ2) is 7.96. The number of hydrogen-bond acceptors (Lipinski definition) is 5. The van der Waals surface area contributed by atoms with E-state index in [1.807, 2.05) is 6.92 Å². The van der Waals surface area contributed by atoms with Crippen LogP contribution >= 0.6 is 11.8 Å². The number of aromatic nitrogens is 4. The molecule has 0 amide bonds. The van der Waals surface area contributed by atoms with Gasteiger partial charge in [0, 0.05) is 19.5 Å². The van der Waals surface area contributed by atoms with Crippen molar-refractivity contribution >= 4 is 22.7 Å². The van der Waals surface area contributed by atoms with E-state index < -0.39 is 6.55 Å². The Hall–Kier alpha value is -2.26. The van der Waals surface area contributed by atoms with Gasteiger partial charge in [-0.05, 0) is 19.1 Å². The highest BCUT2D eigenvalue weighted by atomic mass is 32.2. The number of hydrogen-bond donors (Lipinski definition) is 0. The molecule has 3 rings (SSSR count). The Morgan fingerprint density at radius 2 is 2.08 bits per heavy atom. The van der Waals surface area contributed by atoms with Gasteiger partial charge in [-0.2, -0.15) is 8.78 Å². The number of methoxy groups -OCH3 is 1. The maximum absolute atomic E-state index is 13.0. The number of imidazole rings is 1. The van der Waals surface area contributed by atoms with E-state index in [0.29, 0.717) is 22.7 Å². The fourth-order valence-corrected chi connectivity index (χ4v) is 3.74. The minimum Gasteiger partial charge on any atom is -0.383 e. The summed E-state index contributed by atoms with van der Waals surface area (Å²) in [4.78, 5) is 21.4. The highest BCUT2D eigenvalue weighted by molar-refractivity contribution is 7.98. The first kappa shape index (κ1) is 18.5. The summed E-state index contributed by atoms with van der Waals surface area (Å²) < 4.78 is 33.5. The molecule has 0 aliphatic carbocycles. The van der Waals surface area contributed by atoms with E-state index in [0.717, 1.165) is 4.57 Å². The average Bonchev–Trinajstić information content (AvgIpc) is 3.09. The third kappa shape index (κ3) is 3.63. The van der Waals surface area contributed by atoms with Gasteiger partial charge in [0.2, 0.25) is 0 Å². The Bertz CT molecular complexity index is 957. The third-order valence-electron chi connectivity index (χ3n) is 3.91. The second-order valence-electron chi connectivity index (χ2n) is 5.71. The normalized spacial score (nSPS) is 12.8. The van der Waals surface area contributed by atoms with Gasteiger partial charge < -0.3 is 4.74 Å². The van der Waals surface area contributed by atoms with Crippen molar-refractivity contribution in [2.24, 2.45) is 0 Å². The number of halogens is 2. The second-order valence-corrected chi connectivity index (χ2v) is 6.65. The minimum atomic E-state index is -2.66. The van der Waals surface area contributed by atoms with Gasteiger partial charge in [-0.25, -0.2) is 9.97 Å². The first-order valence-corrected chi connectivity index (χ1v) is 8.94. The molecule has 0 saturated heterocycles. The van der Waals surface area contributed by atoms with Gasteiger partial charge in [0.25, 0.3) is 5.56 Å². The van der Waals surface area contributed by atoms with Crippen LogP contribution in [-0.2, 0) is 10.5 Å². The van der Waals surface area contributed by atoms with Crippen LogP contribution < -0.4 is 5.56 Å². The molecule has 3 aromatic rings. The molecule has 1 atom stereocenters. The van der Waals surface area contributed by atoms with E-state index in [-0.39, 0.29) is 23.2 Å². The Morgan fingerprint density at radius 1 is 1.31 bits per heavy atom. The zero-order chi connectivity index (χ0) is 18.7. The minimum absolute atomic E-state index is 0.168. The topological polar surface area (TPSA) is 61.9 Å². The molecule has 0 N–H and O–H groups in total. The molecule has 2 aromatic heterocycles. The number of alkyl halides is 2. The lowest BCUT2D eigenvalue weighted by Gasteiger charge is -2.19. The van der Waals surface area contributed by atoms with Gasteiger partial charge in [-0.3, -0.25) is 13.9 Å². The maximum atomic E-state index is 13.0. The highest BCUT2D eigenvalue weighted by Crippen LogP contribution is 2.25. The Kier molecular flexibility index (Phi) is 5.67. The number of ether oxygens (including phenoxy) is 1. The summed E-state index contributed by atoms with van der Waals surface area (Å²) >= 11 is 1.20. The molecule has 26 heavy (non-hydrogen) atoms. The van der Waals surface area contributed by atoms with E-state index >= 15 is 0 Å². The zero-order valence-corrected chi connectivity index (χ0v) is 15.1. The summed E-state index contributed by atoms with van der Waals surface area (Å²) in [6, 6.07) is 6.81. The van der Waals surface area contributed by atoms with Gasteiger partial charge in [-0.1, -0.05) is 23.9 Å². The Balaban J connectivity index is 2.01. The van der Waals surface area contributed by atoms with Gasteiger partial charge >= 0.3 is 6.55 Å². The lowest BCUT2D eigenvalue weighted by atomic mass is 10.2. The van der Waals surface area contributed by atoms with E-state index in [2.05, 4.69) is 9.97 Å². The van der Waals surface area contributed by atoms with Crippen LogP contribution in [0.5, 0.6) is 0 Å². The van der Waals surface area contributed by atoms with Crippen LogP contribution in [0.4, 0.5) is 8.78 Å². The van der Waals surface area contributed by atoms with Crippen LogP contribution in [0.2, 0.25) is 0 Å². The number of benzene rings is 1. The van der Waals surface area contributed by atoms with Gasteiger partial charge in [-0.15, -0.1) is 0 Å². The first-order valence-electron chi connectivity index (χ1n) is 7.95. The molecule has 0 aliphatic rings. The predicted octanol–water partition coefficient (Wildman–Crippen LogP) is 3.49. The lowest BCUT2D eigenvalue weighted by molar-refractivity contribution is 0.0678. The van der Waals surface area contributed by atoms with Crippen LogP contribution in [0.25, 0.3) is 10.9 Å². The van der Waals surface area contributed by atoms with Crippen LogP contribution in [0.3, 0.4) is 0 Å². The molecule has 6 nitrogen and oxygen atoms in total. The van der Waals surface area contributed by atoms with Crippen LogP contribution in [-0.4, -0.2) is 32.8 Å². The highest BCUT2D eigenvalue weighted by Gasteiger charge is 2.18. The van der Waals surface area contributed by atoms with Crippen molar-refractivity contribution in [1.82, 2.24) is 19.1 Å². The van der Waals surface area contributed by atoms with Gasteiger partial charge in [0.1, 0.15) is 5.82 Å². The van der Waals surface area contributed by atoms with Crippen molar-refractivity contribution in [2.75, 3.05) is 13.7 Å². The third-order valence-corrected chi connectivity index (χ3v) is 4.86. The summed E-state index contributed by atoms with van der Waals surface area (Å²) in [5, 5.41) is 0.955. The quantitative estimate of drug-likeness (QED) is 0.464. The van der Waals surface area contributed by atoms with Crippen LogP contribution in [0, 0.1) is 0 Å². The lowest BCUT2D eigenvalue weighted by Crippen LogP contribution is -2.28. The molecule has 0 bridgehead atoms. The molecule has 9 heteroatoms. The standard InChI is InChI=1S/C17H18F2N4O2S/c1-11(9-25-2)23-15(24)12-5-3-4-6-13(12)21-17(23)26-10-14-20-7-8-22(14)16(18)19/h3-8,11,16H,9-10H2,1-2H3/t11-/m1/s1. The van der Waals surface area contributed by atoms with Crippen molar-refractivity contribution in [2.45, 2.75) is 30.4 Å². The predicted molar refractivity (Wildman–Crippen MR) is 95.6 cm³/mol. The molecule has 0 unspecified atom stereocenters. The van der Waals surface area contributed by atoms with Crippen molar-refractivity contribution in [3.05, 3.63) is 52.8 Å². The van der Waals surface area contributed by atoms with Crippen molar-refractivity contribution < 1.29 is 13.5 Å². The van der Waals surface area contributed by atoms with Crippen molar-refractivity contribution in [3.8, 4) is 0 Å². The Labute approximate surface area is 152 Å². The molecule has 0 aliphatic heterocycles. The van der Waals surface area contributed by atoms with Crippen LogP contribution in [0.15, 0.2) is 46.6 Å². The molecular formula is C17H18F2N4O2S. The zero-order valence-electron chi connectivity index (χ0n) is 14.3. The summed E-state index contributed by atoms with van der Waals surface area (Å²) in [6.07, 6.45) is 2.56. The maximum Gasteiger partial charge on any atom is 0.319 e. The SMILES string of the molecule is COC[C@@H](C)n1c(SCc2nccn2C(F)F)nc2ccccc2c1=O. The number of para-hydroxylation sites is 1. The molecule has 0 radical (unpaired) electrons. The first-order chi connectivity index (χ1) is 12.5. The van der Waals surface area contributed by atoms with E-state index in [1.165, 1.54) is 24.2 Å². The number of fused-ring (bicyclic) bond motifs is 1. The summed E-state index contributed by atoms with van der Waals surface area (Å²) in [5.74, 6) is 0.389. The Morgan fingerprint density at radius 3 is 2.81 bits per heavy atom. The average molecular weight is 380 g/mol. The summed E-state index contributed by atoms with van der Waals surface area (Å²) in [6.45, 7) is -0.475. The molecule has 0 spiro atoms. The summed E-state index contributed by atoms with van der Waals surface area (Å²) in [5.41, 5.74) is 0.387. The number of nitrogens with zero attached hydrogens (tertiary/aromatic N) is 4. The van der Waals surface area contributed by atoms with Crippen LogP contribution in [0.1, 0.15) is 25.3 Å². The fourth-order valence-electron chi connectivity index (χ4n) is 2.69. The molecule has 0 fully saturated rings. The molecular weight excluding hydrogens is 362 g/mol.